The summed E-state index contributed by atoms with van der Waals surface area (Å²) in [6, 6.07) is 17.3. The number of carbonyl (C=O) groups excluding carboxylic acids is 2. The highest BCUT2D eigenvalue weighted by Crippen LogP contribution is 2.17. The zero-order valence-electron chi connectivity index (χ0n) is 14.8. The minimum atomic E-state index is -0.597. The molecule has 142 valence electrons. The monoisotopic (exact) mass is 433 g/mol. The van der Waals surface area contributed by atoms with Crippen LogP contribution in [0, 0.1) is 0 Å². The summed E-state index contributed by atoms with van der Waals surface area (Å²) in [6.45, 7) is 0.0291. The van der Waals surface area contributed by atoms with Crippen molar-refractivity contribution in [1.82, 2.24) is 0 Å². The van der Waals surface area contributed by atoms with Gasteiger partial charge in [0.1, 0.15) is 19.8 Å². The number of nitrogens with zero attached hydrogens (tertiary/aromatic N) is 1. The molecule has 0 amide bonds. The Morgan fingerprint density at radius 1 is 1.00 bits per heavy atom. The SMILES string of the molecule is CON=CC[C@H](OC(=O)c1ccccc1)[C@@H](Br)COC(=O)c1ccccc1. The van der Waals surface area contributed by atoms with E-state index in [1.54, 1.807) is 48.5 Å². The molecule has 7 heteroatoms. The molecule has 0 fully saturated rings. The molecule has 0 heterocycles. The van der Waals surface area contributed by atoms with Crippen LogP contribution in [0.25, 0.3) is 0 Å². The fraction of sp³-hybridized carbons (Fsp3) is 0.250. The third-order valence-corrected chi connectivity index (χ3v) is 4.43. The van der Waals surface area contributed by atoms with Gasteiger partial charge in [-0.1, -0.05) is 57.5 Å². The Labute approximate surface area is 166 Å². The zero-order valence-corrected chi connectivity index (χ0v) is 16.4. The first-order chi connectivity index (χ1) is 13.1. The maximum atomic E-state index is 12.3. The van der Waals surface area contributed by atoms with E-state index in [9.17, 15) is 9.59 Å². The van der Waals surface area contributed by atoms with Crippen LogP contribution in [0.2, 0.25) is 0 Å². The summed E-state index contributed by atoms with van der Waals surface area (Å²) < 4.78 is 10.9. The fourth-order valence-corrected chi connectivity index (χ4v) is 2.65. The lowest BCUT2D eigenvalue weighted by Crippen LogP contribution is -2.32. The summed E-state index contributed by atoms with van der Waals surface area (Å²) in [7, 11) is 1.43. The first kappa shape index (κ1) is 20.6. The molecule has 0 unspecified atom stereocenters. The number of alkyl halides is 1. The molecule has 2 atom stereocenters. The summed E-state index contributed by atoms with van der Waals surface area (Å²) in [5.74, 6) is -0.913. The van der Waals surface area contributed by atoms with Gasteiger partial charge >= 0.3 is 11.9 Å². The van der Waals surface area contributed by atoms with Crippen LogP contribution in [0.5, 0.6) is 0 Å². The van der Waals surface area contributed by atoms with E-state index in [0.29, 0.717) is 17.5 Å². The fourth-order valence-electron chi connectivity index (χ4n) is 2.19. The first-order valence-corrected chi connectivity index (χ1v) is 9.20. The Hall–Kier alpha value is -2.67. The van der Waals surface area contributed by atoms with Gasteiger partial charge in [0.25, 0.3) is 0 Å². The zero-order chi connectivity index (χ0) is 19.5. The van der Waals surface area contributed by atoms with Crippen molar-refractivity contribution >= 4 is 34.1 Å². The molecule has 0 aliphatic heterocycles. The van der Waals surface area contributed by atoms with Gasteiger partial charge in [-0.05, 0) is 24.3 Å². The Balaban J connectivity index is 1.98. The lowest BCUT2D eigenvalue weighted by molar-refractivity contribution is 0.0231. The third kappa shape index (κ3) is 6.86. The van der Waals surface area contributed by atoms with Crippen LogP contribution in [-0.4, -0.2) is 42.8 Å². The van der Waals surface area contributed by atoms with E-state index in [1.807, 2.05) is 12.1 Å². The Bertz CT molecular complexity index is 751. The van der Waals surface area contributed by atoms with Crippen molar-refractivity contribution in [3.05, 3.63) is 71.8 Å². The van der Waals surface area contributed by atoms with Gasteiger partial charge in [-0.25, -0.2) is 9.59 Å². The number of carbonyl (C=O) groups is 2. The van der Waals surface area contributed by atoms with E-state index in [1.165, 1.54) is 13.3 Å². The molecular weight excluding hydrogens is 414 g/mol. The van der Waals surface area contributed by atoms with Crippen molar-refractivity contribution in [3.8, 4) is 0 Å². The molecule has 0 radical (unpaired) electrons. The molecule has 0 saturated heterocycles. The van der Waals surface area contributed by atoms with Crippen LogP contribution in [0.15, 0.2) is 65.8 Å². The van der Waals surface area contributed by atoms with E-state index in [2.05, 4.69) is 25.9 Å². The number of esters is 2. The van der Waals surface area contributed by atoms with Crippen molar-refractivity contribution in [2.45, 2.75) is 17.4 Å². The number of benzene rings is 2. The van der Waals surface area contributed by atoms with E-state index in [0.717, 1.165) is 0 Å². The molecule has 0 aliphatic carbocycles. The van der Waals surface area contributed by atoms with Gasteiger partial charge in [-0.3, -0.25) is 0 Å². The highest BCUT2D eigenvalue weighted by molar-refractivity contribution is 9.09. The molecule has 2 aromatic rings. The maximum Gasteiger partial charge on any atom is 0.338 e. The Kier molecular flexibility index (Phi) is 8.51. The van der Waals surface area contributed by atoms with Crippen LogP contribution in [0.3, 0.4) is 0 Å². The van der Waals surface area contributed by atoms with Gasteiger partial charge in [-0.2, -0.15) is 0 Å². The second-order valence-electron chi connectivity index (χ2n) is 5.50. The summed E-state index contributed by atoms with van der Waals surface area (Å²) >= 11 is 3.44. The Morgan fingerprint density at radius 2 is 1.56 bits per heavy atom. The second kappa shape index (κ2) is 11.1. The topological polar surface area (TPSA) is 74.2 Å². The number of rotatable bonds is 9. The minimum Gasteiger partial charge on any atom is -0.461 e. The molecule has 0 aliphatic rings. The molecular formula is C20H20BrNO5. The average Bonchev–Trinajstić information content (AvgIpc) is 2.72. The van der Waals surface area contributed by atoms with E-state index in [4.69, 9.17) is 9.47 Å². The number of hydrogen-bond donors (Lipinski definition) is 0. The summed E-state index contributed by atoms with van der Waals surface area (Å²) in [5, 5.41) is 3.67. The van der Waals surface area contributed by atoms with Crippen LogP contribution in [0.4, 0.5) is 0 Å². The molecule has 6 nitrogen and oxygen atoms in total. The lowest BCUT2D eigenvalue weighted by atomic mass is 10.2. The second-order valence-corrected chi connectivity index (χ2v) is 6.67. The van der Waals surface area contributed by atoms with Gasteiger partial charge in [0.2, 0.25) is 0 Å². The highest BCUT2D eigenvalue weighted by Gasteiger charge is 2.25. The summed E-state index contributed by atoms with van der Waals surface area (Å²) in [4.78, 5) is 28.6. The predicted octanol–water partition coefficient (Wildman–Crippen LogP) is 3.85. The normalized spacial score (nSPS) is 13.0. The summed E-state index contributed by atoms with van der Waals surface area (Å²) in [6.07, 6.45) is 1.20. The van der Waals surface area contributed by atoms with Crippen molar-refractivity contribution in [3.63, 3.8) is 0 Å². The minimum absolute atomic E-state index is 0.0291. The first-order valence-electron chi connectivity index (χ1n) is 8.29. The molecule has 2 aromatic carbocycles. The maximum absolute atomic E-state index is 12.3. The van der Waals surface area contributed by atoms with Crippen LogP contribution < -0.4 is 0 Å². The van der Waals surface area contributed by atoms with Gasteiger partial charge < -0.3 is 14.3 Å². The van der Waals surface area contributed by atoms with Gasteiger partial charge in [0, 0.05) is 12.6 Å². The number of hydrogen-bond acceptors (Lipinski definition) is 6. The van der Waals surface area contributed by atoms with Crippen molar-refractivity contribution in [1.29, 1.82) is 0 Å². The van der Waals surface area contributed by atoms with Gasteiger partial charge in [0.15, 0.2) is 0 Å². The molecule has 0 N–H and O–H groups in total. The number of oxime groups is 1. The van der Waals surface area contributed by atoms with Crippen molar-refractivity contribution in [2.75, 3.05) is 13.7 Å². The molecule has 27 heavy (non-hydrogen) atoms. The van der Waals surface area contributed by atoms with Crippen LogP contribution in [-0.2, 0) is 14.3 Å². The smallest absolute Gasteiger partial charge is 0.338 e. The van der Waals surface area contributed by atoms with E-state index >= 15 is 0 Å². The van der Waals surface area contributed by atoms with E-state index < -0.39 is 22.9 Å². The van der Waals surface area contributed by atoms with Crippen molar-refractivity contribution in [2.24, 2.45) is 5.16 Å². The number of halogens is 1. The molecule has 0 saturated carbocycles. The standard InChI is InChI=1S/C20H20BrNO5/c1-25-22-13-12-18(27-20(24)16-10-6-3-7-11-16)17(21)14-26-19(23)15-8-4-2-5-9-15/h2-11,13,17-18H,12,14H2,1H3/t17-,18-/m0/s1. The van der Waals surface area contributed by atoms with Gasteiger partial charge in [0.05, 0.1) is 16.0 Å². The lowest BCUT2D eigenvalue weighted by Gasteiger charge is -2.21. The average molecular weight is 434 g/mol. The molecule has 2 rings (SSSR count). The highest BCUT2D eigenvalue weighted by atomic mass is 79.9. The molecule has 0 aromatic heterocycles. The predicted molar refractivity (Wildman–Crippen MR) is 105 cm³/mol. The van der Waals surface area contributed by atoms with Crippen molar-refractivity contribution < 1.29 is 23.9 Å². The van der Waals surface area contributed by atoms with Crippen LogP contribution in [0.1, 0.15) is 27.1 Å². The largest absolute Gasteiger partial charge is 0.461 e. The van der Waals surface area contributed by atoms with Gasteiger partial charge in [-0.15, -0.1) is 0 Å². The molecule has 0 bridgehead atoms. The van der Waals surface area contributed by atoms with Crippen LogP contribution >= 0.6 is 15.9 Å². The Morgan fingerprint density at radius 3 is 2.11 bits per heavy atom. The molecule has 0 spiro atoms. The van der Waals surface area contributed by atoms with E-state index in [-0.39, 0.29) is 6.61 Å². The summed E-state index contributed by atoms with van der Waals surface area (Å²) in [5.41, 5.74) is 0.892. The quantitative estimate of drug-likeness (QED) is 0.259. The third-order valence-electron chi connectivity index (χ3n) is 3.57. The number of ether oxygens (including phenoxy) is 2.